The molecule has 2 aromatic carbocycles. The molecule has 0 aliphatic heterocycles. The molecule has 2 aromatic heterocycles. The standard InChI is InChI=1S/C21H21N3O3/c1-12-8-6-7-9-15(12)24-21(25)20-19(13(2)22-24)14-10-17(26-4)18(27-5)11-16(14)23(20)3/h6-11H,1-5H3. The maximum atomic E-state index is 13.3. The molecule has 4 rings (SSSR count). The molecule has 0 N–H and O–H groups in total. The number of para-hydroxylation sites is 1. The Kier molecular flexibility index (Phi) is 3.91. The number of hydrogen-bond donors (Lipinski definition) is 0. The zero-order chi connectivity index (χ0) is 19.3. The van der Waals surface area contributed by atoms with Crippen molar-refractivity contribution < 1.29 is 9.47 Å². The van der Waals surface area contributed by atoms with Crippen molar-refractivity contribution in [1.82, 2.24) is 14.3 Å². The molecule has 0 radical (unpaired) electrons. The second-order valence-corrected chi connectivity index (χ2v) is 6.60. The van der Waals surface area contributed by atoms with Crippen molar-refractivity contribution >= 4 is 21.8 Å². The average molecular weight is 363 g/mol. The predicted molar refractivity (Wildman–Crippen MR) is 106 cm³/mol. The third-order valence-electron chi connectivity index (χ3n) is 5.06. The Morgan fingerprint density at radius 2 is 1.67 bits per heavy atom. The van der Waals surface area contributed by atoms with E-state index in [-0.39, 0.29) is 5.56 Å². The molecule has 0 aliphatic carbocycles. The second kappa shape index (κ2) is 6.16. The summed E-state index contributed by atoms with van der Waals surface area (Å²) in [4.78, 5) is 13.3. The minimum Gasteiger partial charge on any atom is -0.493 e. The van der Waals surface area contributed by atoms with Crippen LogP contribution in [0.2, 0.25) is 0 Å². The number of methoxy groups -OCH3 is 2. The minimum atomic E-state index is -0.151. The summed E-state index contributed by atoms with van der Waals surface area (Å²) < 4.78 is 14.3. The molecular weight excluding hydrogens is 342 g/mol. The first-order chi connectivity index (χ1) is 13.0. The molecule has 0 aliphatic rings. The first-order valence-corrected chi connectivity index (χ1v) is 8.68. The van der Waals surface area contributed by atoms with E-state index in [1.54, 1.807) is 14.2 Å². The average Bonchev–Trinajstić information content (AvgIpc) is 2.97. The maximum absolute atomic E-state index is 13.3. The van der Waals surface area contributed by atoms with Gasteiger partial charge in [-0.15, -0.1) is 0 Å². The molecule has 0 fully saturated rings. The van der Waals surface area contributed by atoms with E-state index in [4.69, 9.17) is 9.47 Å². The van der Waals surface area contributed by atoms with E-state index in [9.17, 15) is 4.79 Å². The fraction of sp³-hybridized carbons (Fsp3) is 0.238. The fourth-order valence-corrected chi connectivity index (χ4v) is 3.69. The molecule has 6 nitrogen and oxygen atoms in total. The van der Waals surface area contributed by atoms with Crippen LogP contribution in [0.1, 0.15) is 11.3 Å². The van der Waals surface area contributed by atoms with Crippen LogP contribution in [0.3, 0.4) is 0 Å². The Morgan fingerprint density at radius 3 is 2.33 bits per heavy atom. The summed E-state index contributed by atoms with van der Waals surface area (Å²) in [6, 6.07) is 11.5. The highest BCUT2D eigenvalue weighted by atomic mass is 16.5. The van der Waals surface area contributed by atoms with Crippen LogP contribution in [0.5, 0.6) is 11.5 Å². The van der Waals surface area contributed by atoms with Gasteiger partial charge in [-0.25, -0.2) is 0 Å². The number of nitrogens with zero attached hydrogens (tertiary/aromatic N) is 3. The number of rotatable bonds is 3. The van der Waals surface area contributed by atoms with Gasteiger partial charge in [-0.05, 0) is 31.5 Å². The molecule has 138 valence electrons. The number of aromatic nitrogens is 3. The van der Waals surface area contributed by atoms with Gasteiger partial charge < -0.3 is 14.0 Å². The normalized spacial score (nSPS) is 11.3. The minimum absolute atomic E-state index is 0.151. The van der Waals surface area contributed by atoms with Crippen LogP contribution in [0.15, 0.2) is 41.2 Å². The van der Waals surface area contributed by atoms with Crippen LogP contribution < -0.4 is 15.0 Å². The smallest absolute Gasteiger partial charge is 0.296 e. The Balaban J connectivity index is 2.17. The number of benzene rings is 2. The SMILES string of the molecule is COc1cc2c3c(C)nn(-c4ccccc4C)c(=O)c3n(C)c2cc1OC. The third kappa shape index (κ3) is 2.40. The van der Waals surface area contributed by atoms with Gasteiger partial charge in [-0.1, -0.05) is 18.2 Å². The fourth-order valence-electron chi connectivity index (χ4n) is 3.69. The Bertz CT molecular complexity index is 1250. The summed E-state index contributed by atoms with van der Waals surface area (Å²) in [5.41, 5.74) is 3.91. The molecule has 0 saturated carbocycles. The van der Waals surface area contributed by atoms with Crippen molar-refractivity contribution in [2.45, 2.75) is 13.8 Å². The first-order valence-electron chi connectivity index (χ1n) is 8.68. The largest absolute Gasteiger partial charge is 0.493 e. The lowest BCUT2D eigenvalue weighted by Gasteiger charge is -2.10. The molecule has 0 saturated heterocycles. The highest BCUT2D eigenvalue weighted by Crippen LogP contribution is 2.37. The number of ether oxygens (including phenoxy) is 2. The van der Waals surface area contributed by atoms with Gasteiger partial charge in [0.2, 0.25) is 0 Å². The van der Waals surface area contributed by atoms with E-state index in [2.05, 4.69) is 5.10 Å². The van der Waals surface area contributed by atoms with Gasteiger partial charge in [-0.2, -0.15) is 9.78 Å². The van der Waals surface area contributed by atoms with Crippen molar-refractivity contribution in [2.75, 3.05) is 14.2 Å². The van der Waals surface area contributed by atoms with Crippen LogP contribution in [0.25, 0.3) is 27.5 Å². The molecule has 2 heterocycles. The molecule has 0 atom stereocenters. The molecule has 27 heavy (non-hydrogen) atoms. The predicted octanol–water partition coefficient (Wildman–Crippen LogP) is 3.51. The summed E-state index contributed by atoms with van der Waals surface area (Å²) in [5, 5.41) is 6.37. The quantitative estimate of drug-likeness (QED) is 0.559. The monoisotopic (exact) mass is 363 g/mol. The Labute approximate surface area is 156 Å². The van der Waals surface area contributed by atoms with Gasteiger partial charge in [0.15, 0.2) is 11.5 Å². The number of fused-ring (bicyclic) bond motifs is 3. The van der Waals surface area contributed by atoms with E-state index < -0.39 is 0 Å². The molecule has 0 unspecified atom stereocenters. The van der Waals surface area contributed by atoms with E-state index in [1.807, 2.05) is 61.9 Å². The van der Waals surface area contributed by atoms with Crippen LogP contribution in [-0.4, -0.2) is 28.6 Å². The van der Waals surface area contributed by atoms with Gasteiger partial charge in [0.05, 0.1) is 31.1 Å². The molecular formula is C21H21N3O3. The zero-order valence-electron chi connectivity index (χ0n) is 16.0. The van der Waals surface area contributed by atoms with Crippen LogP contribution in [0, 0.1) is 13.8 Å². The topological polar surface area (TPSA) is 58.3 Å². The highest BCUT2D eigenvalue weighted by molar-refractivity contribution is 6.09. The molecule has 0 amide bonds. The highest BCUT2D eigenvalue weighted by Gasteiger charge is 2.20. The van der Waals surface area contributed by atoms with Crippen LogP contribution >= 0.6 is 0 Å². The van der Waals surface area contributed by atoms with Crippen molar-refractivity contribution in [3.63, 3.8) is 0 Å². The van der Waals surface area contributed by atoms with Crippen molar-refractivity contribution in [3.05, 3.63) is 58.0 Å². The third-order valence-corrected chi connectivity index (χ3v) is 5.06. The lowest BCUT2D eigenvalue weighted by Crippen LogP contribution is -2.24. The van der Waals surface area contributed by atoms with Gasteiger partial charge in [0.1, 0.15) is 5.52 Å². The lowest BCUT2D eigenvalue weighted by molar-refractivity contribution is 0.356. The van der Waals surface area contributed by atoms with E-state index >= 15 is 0 Å². The summed E-state index contributed by atoms with van der Waals surface area (Å²) in [6.45, 7) is 3.90. The molecule has 6 heteroatoms. The lowest BCUT2D eigenvalue weighted by atomic mass is 10.1. The number of aryl methyl sites for hydroxylation is 3. The summed E-state index contributed by atoms with van der Waals surface area (Å²) in [7, 11) is 5.09. The second-order valence-electron chi connectivity index (χ2n) is 6.60. The van der Waals surface area contributed by atoms with Crippen molar-refractivity contribution in [1.29, 1.82) is 0 Å². The maximum Gasteiger partial charge on any atom is 0.296 e. The van der Waals surface area contributed by atoms with E-state index in [0.717, 1.165) is 33.2 Å². The van der Waals surface area contributed by atoms with E-state index in [1.165, 1.54) is 4.68 Å². The number of hydrogen-bond acceptors (Lipinski definition) is 4. The van der Waals surface area contributed by atoms with Gasteiger partial charge in [0.25, 0.3) is 5.56 Å². The Hall–Kier alpha value is -3.28. The van der Waals surface area contributed by atoms with Gasteiger partial charge in [-0.3, -0.25) is 4.79 Å². The molecule has 4 aromatic rings. The zero-order valence-corrected chi connectivity index (χ0v) is 16.0. The molecule has 0 bridgehead atoms. The molecule has 0 spiro atoms. The van der Waals surface area contributed by atoms with Gasteiger partial charge >= 0.3 is 0 Å². The van der Waals surface area contributed by atoms with E-state index in [0.29, 0.717) is 17.0 Å². The van der Waals surface area contributed by atoms with Crippen molar-refractivity contribution in [2.24, 2.45) is 7.05 Å². The first kappa shape index (κ1) is 17.1. The summed E-state index contributed by atoms with van der Waals surface area (Å²) in [6.07, 6.45) is 0. The van der Waals surface area contributed by atoms with Crippen molar-refractivity contribution in [3.8, 4) is 17.2 Å². The summed E-state index contributed by atoms with van der Waals surface area (Å²) >= 11 is 0. The van der Waals surface area contributed by atoms with Gasteiger partial charge in [0, 0.05) is 23.9 Å². The Morgan fingerprint density at radius 1 is 1.00 bits per heavy atom. The van der Waals surface area contributed by atoms with Crippen LogP contribution in [0.4, 0.5) is 0 Å². The van der Waals surface area contributed by atoms with Crippen LogP contribution in [-0.2, 0) is 7.05 Å². The summed E-state index contributed by atoms with van der Waals surface area (Å²) in [5.74, 6) is 1.25.